The zero-order chi connectivity index (χ0) is 10.2. The highest BCUT2D eigenvalue weighted by Crippen LogP contribution is 2.31. The van der Waals surface area contributed by atoms with Crippen LogP contribution in [0.15, 0.2) is 18.2 Å². The minimum absolute atomic E-state index is 0.309. The summed E-state index contributed by atoms with van der Waals surface area (Å²) in [5.41, 5.74) is -0.482. The lowest BCUT2D eigenvalue weighted by Crippen LogP contribution is -2.16. The SMILES string of the molecule is CC(F)(C=O)c1ccc2c(c1)OCC2. The minimum atomic E-state index is -1.92. The van der Waals surface area contributed by atoms with Gasteiger partial charge in [-0.05, 0) is 24.1 Å². The molecular weight excluding hydrogens is 183 g/mol. The molecule has 0 spiro atoms. The lowest BCUT2D eigenvalue weighted by atomic mass is 9.97. The standard InChI is InChI=1S/C11H11FO2/c1-11(12,7-13)9-3-2-8-4-5-14-10(8)6-9/h2-3,6-7H,4-5H2,1H3. The van der Waals surface area contributed by atoms with E-state index in [1.54, 1.807) is 12.1 Å². The molecule has 0 saturated carbocycles. The Hall–Kier alpha value is -1.38. The Bertz CT molecular complexity index is 372. The summed E-state index contributed by atoms with van der Waals surface area (Å²) in [6, 6.07) is 5.07. The van der Waals surface area contributed by atoms with Gasteiger partial charge in [-0.1, -0.05) is 12.1 Å². The van der Waals surface area contributed by atoms with Crippen LogP contribution in [0.3, 0.4) is 0 Å². The van der Waals surface area contributed by atoms with E-state index in [1.165, 1.54) is 6.92 Å². The number of halogens is 1. The summed E-state index contributed by atoms with van der Waals surface area (Å²) in [5.74, 6) is 0.702. The van der Waals surface area contributed by atoms with Crippen LogP contribution in [0.1, 0.15) is 18.1 Å². The van der Waals surface area contributed by atoms with E-state index >= 15 is 0 Å². The molecule has 1 aliphatic rings. The number of benzene rings is 1. The van der Waals surface area contributed by atoms with Crippen LogP contribution in [-0.4, -0.2) is 12.9 Å². The molecule has 1 aliphatic heterocycles. The molecule has 1 atom stereocenters. The van der Waals surface area contributed by atoms with Crippen LogP contribution >= 0.6 is 0 Å². The van der Waals surface area contributed by atoms with E-state index in [0.717, 1.165) is 12.0 Å². The van der Waals surface area contributed by atoms with Crippen LogP contribution in [-0.2, 0) is 16.9 Å². The number of hydrogen-bond acceptors (Lipinski definition) is 2. The fraction of sp³-hybridized carbons (Fsp3) is 0.364. The van der Waals surface area contributed by atoms with Gasteiger partial charge in [0.05, 0.1) is 6.61 Å². The Labute approximate surface area is 81.7 Å². The van der Waals surface area contributed by atoms with Crippen molar-refractivity contribution in [2.75, 3.05) is 6.61 Å². The van der Waals surface area contributed by atoms with Crippen molar-refractivity contribution in [1.29, 1.82) is 0 Å². The maximum absolute atomic E-state index is 13.6. The van der Waals surface area contributed by atoms with Crippen molar-refractivity contribution < 1.29 is 13.9 Å². The fourth-order valence-electron chi connectivity index (χ4n) is 1.54. The molecule has 0 radical (unpaired) electrons. The van der Waals surface area contributed by atoms with Gasteiger partial charge in [-0.2, -0.15) is 0 Å². The van der Waals surface area contributed by atoms with Gasteiger partial charge in [0.2, 0.25) is 0 Å². The Balaban J connectivity index is 2.42. The molecule has 14 heavy (non-hydrogen) atoms. The lowest BCUT2D eigenvalue weighted by molar-refractivity contribution is -0.117. The molecule has 0 fully saturated rings. The number of carbonyl (C=O) groups excluding carboxylic acids is 1. The zero-order valence-corrected chi connectivity index (χ0v) is 7.92. The quantitative estimate of drug-likeness (QED) is 0.673. The Morgan fingerprint density at radius 1 is 1.57 bits per heavy atom. The van der Waals surface area contributed by atoms with Crippen molar-refractivity contribution in [2.45, 2.75) is 19.0 Å². The first-order chi connectivity index (χ1) is 6.63. The van der Waals surface area contributed by atoms with Crippen molar-refractivity contribution >= 4 is 6.29 Å². The Kier molecular flexibility index (Phi) is 2.02. The monoisotopic (exact) mass is 194 g/mol. The van der Waals surface area contributed by atoms with Gasteiger partial charge in [-0.15, -0.1) is 0 Å². The van der Waals surface area contributed by atoms with Crippen molar-refractivity contribution in [2.24, 2.45) is 0 Å². The van der Waals surface area contributed by atoms with Crippen LogP contribution in [0.25, 0.3) is 0 Å². The highest BCUT2D eigenvalue weighted by molar-refractivity contribution is 5.66. The van der Waals surface area contributed by atoms with Gasteiger partial charge in [0.15, 0.2) is 12.0 Å². The molecular formula is C11H11FO2. The zero-order valence-electron chi connectivity index (χ0n) is 7.92. The summed E-state index contributed by atoms with van der Waals surface area (Å²) in [6.45, 7) is 1.89. The molecule has 74 valence electrons. The van der Waals surface area contributed by atoms with Crippen LogP contribution < -0.4 is 4.74 Å². The van der Waals surface area contributed by atoms with Crippen molar-refractivity contribution in [1.82, 2.24) is 0 Å². The molecule has 1 unspecified atom stereocenters. The number of alkyl halides is 1. The lowest BCUT2D eigenvalue weighted by Gasteiger charge is -2.13. The molecule has 2 rings (SSSR count). The average Bonchev–Trinajstić information content (AvgIpc) is 2.64. The van der Waals surface area contributed by atoms with Crippen molar-refractivity contribution in [3.05, 3.63) is 29.3 Å². The second kappa shape index (κ2) is 3.08. The number of fused-ring (bicyclic) bond motifs is 1. The minimum Gasteiger partial charge on any atom is -0.493 e. The molecule has 2 nitrogen and oxygen atoms in total. The topological polar surface area (TPSA) is 26.3 Å². The third kappa shape index (κ3) is 1.39. The molecule has 0 N–H and O–H groups in total. The summed E-state index contributed by atoms with van der Waals surface area (Å²) in [5, 5.41) is 0. The van der Waals surface area contributed by atoms with Crippen LogP contribution in [0.4, 0.5) is 4.39 Å². The number of hydrogen-bond donors (Lipinski definition) is 0. The first-order valence-electron chi connectivity index (χ1n) is 4.55. The highest BCUT2D eigenvalue weighted by atomic mass is 19.1. The van der Waals surface area contributed by atoms with Gasteiger partial charge in [0.1, 0.15) is 5.75 Å². The molecule has 0 saturated heterocycles. The summed E-state index contributed by atoms with van der Waals surface area (Å²) in [4.78, 5) is 10.5. The molecule has 0 aromatic heterocycles. The summed E-state index contributed by atoms with van der Waals surface area (Å²) < 4.78 is 18.9. The normalized spacial score (nSPS) is 18.1. The largest absolute Gasteiger partial charge is 0.493 e. The molecule has 1 heterocycles. The van der Waals surface area contributed by atoms with Gasteiger partial charge >= 0.3 is 0 Å². The molecule has 3 heteroatoms. The maximum atomic E-state index is 13.6. The molecule has 0 bridgehead atoms. The van der Waals surface area contributed by atoms with E-state index in [2.05, 4.69) is 0 Å². The Morgan fingerprint density at radius 3 is 3.07 bits per heavy atom. The van der Waals surface area contributed by atoms with Gasteiger partial charge in [0.25, 0.3) is 0 Å². The summed E-state index contributed by atoms with van der Waals surface area (Å²) >= 11 is 0. The van der Waals surface area contributed by atoms with E-state index in [9.17, 15) is 9.18 Å². The second-order valence-corrected chi connectivity index (χ2v) is 3.61. The van der Waals surface area contributed by atoms with Gasteiger partial charge < -0.3 is 4.74 Å². The molecule has 1 aromatic rings. The number of aldehydes is 1. The predicted octanol–water partition coefficient (Wildman–Crippen LogP) is 2.01. The van der Waals surface area contributed by atoms with Gasteiger partial charge in [-0.25, -0.2) is 4.39 Å². The van der Waals surface area contributed by atoms with E-state index in [1.807, 2.05) is 6.07 Å². The van der Waals surface area contributed by atoms with Crippen LogP contribution in [0.2, 0.25) is 0 Å². The fourth-order valence-corrected chi connectivity index (χ4v) is 1.54. The maximum Gasteiger partial charge on any atom is 0.188 e. The first kappa shape index (κ1) is 9.19. The van der Waals surface area contributed by atoms with Crippen molar-refractivity contribution in [3.63, 3.8) is 0 Å². The first-order valence-corrected chi connectivity index (χ1v) is 4.55. The van der Waals surface area contributed by atoms with Gasteiger partial charge in [-0.3, -0.25) is 4.79 Å². The van der Waals surface area contributed by atoms with Crippen LogP contribution in [0, 0.1) is 0 Å². The van der Waals surface area contributed by atoms with Gasteiger partial charge in [0, 0.05) is 6.42 Å². The van der Waals surface area contributed by atoms with E-state index in [0.29, 0.717) is 24.2 Å². The van der Waals surface area contributed by atoms with E-state index < -0.39 is 5.67 Å². The summed E-state index contributed by atoms with van der Waals surface area (Å²) in [6.07, 6.45) is 1.17. The van der Waals surface area contributed by atoms with E-state index in [4.69, 9.17) is 4.74 Å². The number of ether oxygens (including phenoxy) is 1. The highest BCUT2D eigenvalue weighted by Gasteiger charge is 2.26. The third-order valence-electron chi connectivity index (χ3n) is 2.48. The number of rotatable bonds is 2. The predicted molar refractivity (Wildman–Crippen MR) is 50.2 cm³/mol. The molecule has 1 aromatic carbocycles. The molecule has 0 aliphatic carbocycles. The third-order valence-corrected chi connectivity index (χ3v) is 2.48. The molecule has 0 amide bonds. The average molecular weight is 194 g/mol. The van der Waals surface area contributed by atoms with Crippen molar-refractivity contribution in [3.8, 4) is 5.75 Å². The van der Waals surface area contributed by atoms with Crippen LogP contribution in [0.5, 0.6) is 5.75 Å². The summed E-state index contributed by atoms with van der Waals surface area (Å²) in [7, 11) is 0. The second-order valence-electron chi connectivity index (χ2n) is 3.61. The Morgan fingerprint density at radius 2 is 2.36 bits per heavy atom. The van der Waals surface area contributed by atoms with E-state index in [-0.39, 0.29) is 0 Å². The number of carbonyl (C=O) groups is 1. The smallest absolute Gasteiger partial charge is 0.188 e.